The summed E-state index contributed by atoms with van der Waals surface area (Å²) in [5.74, 6) is 0. The van der Waals surface area contributed by atoms with Gasteiger partial charge < -0.3 is 0 Å². The van der Waals surface area contributed by atoms with Crippen LogP contribution in [0.1, 0.15) is 0 Å². The molecule has 8 saturated heterocycles. The average Bonchev–Trinajstić information content (AvgIpc) is 2.08. The van der Waals surface area contributed by atoms with Crippen molar-refractivity contribution in [2.75, 3.05) is 0 Å². The van der Waals surface area contributed by atoms with Crippen LogP contribution in [-0.2, 0) is 78.5 Å². The van der Waals surface area contributed by atoms with Crippen LogP contribution in [0.5, 0.6) is 0 Å². The molecule has 8 heterocycles. The zero-order valence-corrected chi connectivity index (χ0v) is 16.9. The van der Waals surface area contributed by atoms with Crippen LogP contribution in [0.4, 0.5) is 0 Å². The van der Waals surface area contributed by atoms with Gasteiger partial charge in [-0.05, 0) is 0 Å². The predicted octanol–water partition coefficient (Wildman–Crippen LogP) is 3.25. The van der Waals surface area contributed by atoms with Crippen molar-refractivity contribution in [1.82, 2.24) is 0 Å². The van der Waals surface area contributed by atoms with Crippen LogP contribution < -0.4 is 0 Å². The third kappa shape index (κ3) is 1.85. The molecule has 0 aromatic carbocycles. The quantitative estimate of drug-likeness (QED) is 0.343. The normalized spacial score (nSPS) is 69.6. The van der Waals surface area contributed by atoms with E-state index < -0.39 is 55.0 Å². The second-order valence-corrected chi connectivity index (χ2v) is 21.1. The van der Waals surface area contributed by atoms with Gasteiger partial charge in [0.25, 0.3) is 0 Å². The Morgan fingerprint density at radius 2 is 0.520 bits per heavy atom. The van der Waals surface area contributed by atoms with Gasteiger partial charge in [-0.25, -0.2) is 0 Å². The van der Waals surface area contributed by atoms with Gasteiger partial charge in [0.2, 0.25) is 0 Å². The Morgan fingerprint density at radius 3 is 0.680 bits per heavy atom. The maximum atomic E-state index is 12.5. The molecule has 8 fully saturated rings. The summed E-state index contributed by atoms with van der Waals surface area (Å²) >= 11 is 0. The first-order chi connectivity index (χ1) is 11.1. The molecular weight excluding hydrogens is 502 g/mol. The summed E-state index contributed by atoms with van der Waals surface area (Å²) in [5.41, 5.74) is 0. The second kappa shape index (κ2) is 3.55. The Hall–Kier alpha value is 1.12. The van der Waals surface area contributed by atoms with Crippen LogP contribution in [0, 0.1) is 0 Å². The molecule has 8 rings (SSSR count). The summed E-state index contributed by atoms with van der Waals surface area (Å²) in [4.78, 5) is 0. The molecular formula is O18P6Si-2. The molecule has 8 aliphatic heterocycles. The molecule has 0 unspecified atom stereocenters. The van der Waals surface area contributed by atoms with E-state index in [9.17, 15) is 27.4 Å². The van der Waals surface area contributed by atoms with Crippen LogP contribution >= 0.6 is 46.9 Å². The number of hydrogen-bond donors (Lipinski definition) is 0. The summed E-state index contributed by atoms with van der Waals surface area (Å²) in [6.45, 7) is 0. The fourth-order valence-corrected chi connectivity index (χ4v) is 33.5. The van der Waals surface area contributed by atoms with Gasteiger partial charge in [0.15, 0.2) is 0 Å². The zero-order valence-electron chi connectivity index (χ0n) is 10.5. The van der Waals surface area contributed by atoms with Gasteiger partial charge in [-0.1, -0.05) is 0 Å². The Morgan fingerprint density at radius 1 is 0.360 bits per heavy atom. The summed E-state index contributed by atoms with van der Waals surface area (Å²) in [6, 6.07) is 0. The van der Waals surface area contributed by atoms with Crippen molar-refractivity contribution >= 4 is 55.0 Å². The van der Waals surface area contributed by atoms with Crippen LogP contribution in [-0.4, -0.2) is 8.09 Å². The molecule has 0 radical (unpaired) electrons. The van der Waals surface area contributed by atoms with Gasteiger partial charge in [-0.3, -0.25) is 0 Å². The van der Waals surface area contributed by atoms with Gasteiger partial charge in [-0.15, -0.1) is 0 Å². The van der Waals surface area contributed by atoms with Gasteiger partial charge in [0.1, 0.15) is 0 Å². The zero-order chi connectivity index (χ0) is 17.9. The van der Waals surface area contributed by atoms with Gasteiger partial charge in [-0.2, -0.15) is 0 Å². The third-order valence-electron chi connectivity index (χ3n) is 2.99. The molecule has 25 heavy (non-hydrogen) atoms. The Kier molecular flexibility index (Phi) is 2.42. The van der Waals surface area contributed by atoms with E-state index in [1.165, 1.54) is 0 Å². The first-order valence-corrected chi connectivity index (χ1v) is 16.8. The summed E-state index contributed by atoms with van der Waals surface area (Å²) in [7, 11) is -39.4. The molecule has 0 saturated carbocycles. The minimum atomic E-state index is -7.91. The second-order valence-electron chi connectivity index (χ2n) is 4.97. The summed E-state index contributed by atoms with van der Waals surface area (Å²) in [5, 5.41) is 0. The fraction of sp³-hybridized carbons (Fsp3) is 0. The van der Waals surface area contributed by atoms with E-state index in [4.69, 9.17) is 0 Å². The molecule has 0 N–H and O–H groups in total. The molecule has 7 bridgehead atoms. The predicted molar refractivity (Wildman–Crippen MR) is 64.4 cm³/mol. The van der Waals surface area contributed by atoms with E-state index in [-0.39, 0.29) is 0 Å². The van der Waals surface area contributed by atoms with Crippen molar-refractivity contribution in [3.05, 3.63) is 0 Å². The van der Waals surface area contributed by atoms with Crippen LogP contribution in [0.3, 0.4) is 0 Å². The van der Waals surface area contributed by atoms with Gasteiger partial charge in [0, 0.05) is 0 Å². The monoisotopic (exact) mass is 502 g/mol. The SMILES string of the molecule is O=P12OP3(=O)OP(=O)(O1)O[Si-2]14(O2)(O3)OP2(=O)OP(=O)(OP(=O)(O2)O1)O4. The van der Waals surface area contributed by atoms with E-state index in [1.54, 1.807) is 0 Å². The Bertz CT molecular complexity index is 830. The summed E-state index contributed by atoms with van der Waals surface area (Å²) < 4.78 is 129. The van der Waals surface area contributed by atoms with Crippen LogP contribution in [0.15, 0.2) is 0 Å². The van der Waals surface area contributed by atoms with Crippen LogP contribution in [0.25, 0.3) is 0 Å². The standard InChI is InChI=1S/O18P6Si/c1-19-7-20(2)9-21(3,8-19)15-25(13-19,14-20)16-22(4)10-23(5,17-25)12-24(6,11-22)18-25/q-2. The number of rotatable bonds is 0. The minimum absolute atomic E-state index is 4.30. The van der Waals surface area contributed by atoms with Crippen molar-refractivity contribution in [3.63, 3.8) is 0 Å². The maximum absolute atomic E-state index is 12.5. The number of hydrogen-bond acceptors (Lipinski definition) is 18. The molecule has 0 aromatic heterocycles. The first-order valence-electron chi connectivity index (χ1n) is 5.61. The van der Waals surface area contributed by atoms with Crippen molar-refractivity contribution < 1.29 is 78.5 Å². The molecule has 0 atom stereocenters. The van der Waals surface area contributed by atoms with Crippen LogP contribution in [0.2, 0.25) is 0 Å². The molecule has 8 aliphatic rings. The molecule has 1 spiro atoms. The van der Waals surface area contributed by atoms with E-state index in [0.717, 1.165) is 0 Å². The topological polar surface area (TPSA) is 213 Å². The third-order valence-corrected chi connectivity index (χ3v) is 26.9. The average molecular weight is 502 g/mol. The molecule has 0 amide bonds. The van der Waals surface area contributed by atoms with Crippen molar-refractivity contribution in [2.45, 2.75) is 0 Å². The van der Waals surface area contributed by atoms with Crippen molar-refractivity contribution in [2.24, 2.45) is 0 Å². The van der Waals surface area contributed by atoms with Crippen molar-refractivity contribution in [1.29, 1.82) is 0 Å². The molecule has 0 aliphatic carbocycles. The Labute approximate surface area is 134 Å². The van der Waals surface area contributed by atoms with Gasteiger partial charge in [0.05, 0.1) is 0 Å². The van der Waals surface area contributed by atoms with Crippen molar-refractivity contribution in [3.8, 4) is 0 Å². The molecule has 18 nitrogen and oxygen atoms in total. The fourth-order valence-electron chi connectivity index (χ4n) is 2.64. The van der Waals surface area contributed by atoms with E-state index in [2.05, 4.69) is 51.1 Å². The van der Waals surface area contributed by atoms with E-state index in [1.807, 2.05) is 0 Å². The molecule has 25 heteroatoms. The number of phosphoric acid groups is 6. The van der Waals surface area contributed by atoms with Gasteiger partial charge >= 0.3 is 134 Å². The summed E-state index contributed by atoms with van der Waals surface area (Å²) in [6.07, 6.45) is 0. The van der Waals surface area contributed by atoms with E-state index >= 15 is 0 Å². The molecule has 0 aromatic rings. The first kappa shape index (κ1) is 17.0. The molecule has 144 valence electrons. The van der Waals surface area contributed by atoms with E-state index in [0.29, 0.717) is 0 Å². The Balaban J connectivity index is 1.78.